The number of aryl methyl sites for hydroxylation is 2. The van der Waals surface area contributed by atoms with Gasteiger partial charge < -0.3 is 10.1 Å². The van der Waals surface area contributed by atoms with E-state index in [0.29, 0.717) is 22.6 Å². The lowest BCUT2D eigenvalue weighted by Gasteiger charge is -2.16. The Bertz CT molecular complexity index is 1510. The van der Waals surface area contributed by atoms with E-state index in [1.807, 2.05) is 38.1 Å². The highest BCUT2D eigenvalue weighted by Gasteiger charge is 2.19. The number of amides is 1. The van der Waals surface area contributed by atoms with Gasteiger partial charge in [-0.25, -0.2) is 10.5 Å². The van der Waals surface area contributed by atoms with Gasteiger partial charge in [0, 0.05) is 11.9 Å². The SMILES string of the molecule is CONC(=O)c1cnc(Nc2ccc(C#N)cc2)nc1Oc1c(C)cc(-c2ccc(C#N)cc2)cc1C. The van der Waals surface area contributed by atoms with Crippen LogP contribution in [0.1, 0.15) is 32.6 Å². The molecule has 4 aromatic rings. The van der Waals surface area contributed by atoms with Crippen LogP contribution >= 0.6 is 0 Å². The molecule has 1 amide bonds. The third-order valence-corrected chi connectivity index (χ3v) is 5.47. The fourth-order valence-corrected chi connectivity index (χ4v) is 3.68. The molecular formula is C28H22N6O3. The molecule has 9 heteroatoms. The molecule has 182 valence electrons. The molecule has 2 N–H and O–H groups in total. The molecule has 37 heavy (non-hydrogen) atoms. The van der Waals surface area contributed by atoms with Gasteiger partial charge in [0.05, 0.1) is 30.4 Å². The molecule has 3 aromatic carbocycles. The largest absolute Gasteiger partial charge is 0.437 e. The summed E-state index contributed by atoms with van der Waals surface area (Å²) in [5.74, 6) is 0.231. The van der Waals surface area contributed by atoms with Crippen molar-refractivity contribution in [2.24, 2.45) is 0 Å². The minimum atomic E-state index is -0.563. The predicted molar refractivity (Wildman–Crippen MR) is 137 cm³/mol. The fraction of sp³-hybridized carbons (Fsp3) is 0.107. The van der Waals surface area contributed by atoms with Crippen molar-refractivity contribution in [1.82, 2.24) is 15.4 Å². The second kappa shape index (κ2) is 11.0. The number of anilines is 2. The molecule has 0 aliphatic carbocycles. The maximum atomic E-state index is 12.6. The summed E-state index contributed by atoms with van der Waals surface area (Å²) in [5.41, 5.74) is 7.73. The second-order valence-corrected chi connectivity index (χ2v) is 8.09. The number of hydroxylamine groups is 1. The Morgan fingerprint density at radius 3 is 2.05 bits per heavy atom. The van der Waals surface area contributed by atoms with E-state index in [4.69, 9.17) is 20.1 Å². The molecule has 0 atom stereocenters. The van der Waals surface area contributed by atoms with Crippen LogP contribution in [0.2, 0.25) is 0 Å². The van der Waals surface area contributed by atoms with Crippen LogP contribution in [0.15, 0.2) is 66.9 Å². The van der Waals surface area contributed by atoms with Crippen molar-refractivity contribution in [3.63, 3.8) is 0 Å². The van der Waals surface area contributed by atoms with Gasteiger partial charge in [-0.1, -0.05) is 12.1 Å². The highest BCUT2D eigenvalue weighted by molar-refractivity contribution is 5.95. The summed E-state index contributed by atoms with van der Waals surface area (Å²) < 4.78 is 6.19. The standard InChI is InChI=1S/C28H22N6O3/c1-17-12-22(21-8-4-19(14-29)5-9-21)13-18(2)25(17)37-27-24(26(35)34-36-3)16-31-28(33-27)32-23-10-6-20(15-30)7-11-23/h4-13,16H,1-3H3,(H,34,35)(H,31,32,33). The third-order valence-electron chi connectivity index (χ3n) is 5.47. The Morgan fingerprint density at radius 2 is 1.49 bits per heavy atom. The Labute approximate surface area is 213 Å². The highest BCUT2D eigenvalue weighted by atomic mass is 16.6. The van der Waals surface area contributed by atoms with E-state index in [0.717, 1.165) is 22.3 Å². The molecule has 1 aromatic heterocycles. The number of benzene rings is 3. The van der Waals surface area contributed by atoms with Crippen molar-refractivity contribution in [1.29, 1.82) is 10.5 Å². The average Bonchev–Trinajstić information content (AvgIpc) is 2.91. The summed E-state index contributed by atoms with van der Waals surface area (Å²) >= 11 is 0. The molecule has 0 aliphatic rings. The van der Waals surface area contributed by atoms with Gasteiger partial charge in [0.1, 0.15) is 11.3 Å². The summed E-state index contributed by atoms with van der Waals surface area (Å²) in [4.78, 5) is 26.0. The van der Waals surface area contributed by atoms with Gasteiger partial charge in [-0.15, -0.1) is 0 Å². The van der Waals surface area contributed by atoms with Gasteiger partial charge in [0.15, 0.2) is 0 Å². The van der Waals surface area contributed by atoms with Crippen molar-refractivity contribution in [2.45, 2.75) is 13.8 Å². The smallest absolute Gasteiger partial charge is 0.281 e. The molecule has 0 radical (unpaired) electrons. The number of nitriles is 2. The first-order chi connectivity index (χ1) is 17.9. The van der Waals surface area contributed by atoms with Crippen LogP contribution in [0.5, 0.6) is 11.6 Å². The van der Waals surface area contributed by atoms with Gasteiger partial charge in [0.25, 0.3) is 5.91 Å². The zero-order valence-corrected chi connectivity index (χ0v) is 20.4. The van der Waals surface area contributed by atoms with Crippen LogP contribution in [-0.4, -0.2) is 23.0 Å². The van der Waals surface area contributed by atoms with Crippen molar-refractivity contribution < 1.29 is 14.4 Å². The lowest BCUT2D eigenvalue weighted by atomic mass is 9.99. The second-order valence-electron chi connectivity index (χ2n) is 8.09. The number of aromatic nitrogens is 2. The molecule has 0 saturated heterocycles. The Hall–Kier alpha value is -5.25. The number of nitrogens with zero attached hydrogens (tertiary/aromatic N) is 4. The Morgan fingerprint density at radius 1 is 0.892 bits per heavy atom. The van der Waals surface area contributed by atoms with E-state index in [-0.39, 0.29) is 17.4 Å². The van der Waals surface area contributed by atoms with Gasteiger partial charge >= 0.3 is 0 Å². The first-order valence-corrected chi connectivity index (χ1v) is 11.2. The summed E-state index contributed by atoms with van der Waals surface area (Å²) in [6.07, 6.45) is 1.35. The zero-order chi connectivity index (χ0) is 26.4. The number of hydrogen-bond donors (Lipinski definition) is 2. The van der Waals surface area contributed by atoms with Gasteiger partial charge in [0.2, 0.25) is 11.8 Å². The van der Waals surface area contributed by atoms with E-state index in [1.54, 1.807) is 36.4 Å². The summed E-state index contributed by atoms with van der Waals surface area (Å²) in [7, 11) is 1.33. The molecule has 0 bridgehead atoms. The number of rotatable bonds is 7. The van der Waals surface area contributed by atoms with Gasteiger partial charge in [-0.2, -0.15) is 15.5 Å². The van der Waals surface area contributed by atoms with Crippen molar-refractivity contribution in [3.05, 3.63) is 94.7 Å². The lowest BCUT2D eigenvalue weighted by Crippen LogP contribution is -2.23. The predicted octanol–water partition coefficient (Wildman–Crippen LogP) is 5.33. The van der Waals surface area contributed by atoms with Crippen molar-refractivity contribution in [2.75, 3.05) is 12.4 Å². The van der Waals surface area contributed by atoms with Crippen LogP contribution < -0.4 is 15.5 Å². The monoisotopic (exact) mass is 490 g/mol. The highest BCUT2D eigenvalue weighted by Crippen LogP contribution is 2.34. The van der Waals surface area contributed by atoms with E-state index in [2.05, 4.69) is 32.9 Å². The third kappa shape index (κ3) is 5.70. The molecule has 1 heterocycles. The maximum absolute atomic E-state index is 12.6. The Balaban J connectivity index is 1.68. The Kier molecular flexibility index (Phi) is 7.39. The molecule has 0 unspecified atom stereocenters. The first kappa shape index (κ1) is 24.9. The molecule has 9 nitrogen and oxygen atoms in total. The number of hydrogen-bond acceptors (Lipinski definition) is 8. The lowest BCUT2D eigenvalue weighted by molar-refractivity contribution is 0.0534. The molecule has 0 aliphatic heterocycles. The number of nitrogens with one attached hydrogen (secondary N) is 2. The van der Waals surface area contributed by atoms with Crippen LogP contribution in [-0.2, 0) is 4.84 Å². The quantitative estimate of drug-likeness (QED) is 0.332. The van der Waals surface area contributed by atoms with Crippen LogP contribution in [0, 0.1) is 36.5 Å². The zero-order valence-electron chi connectivity index (χ0n) is 20.4. The van der Waals surface area contributed by atoms with Gasteiger partial charge in [-0.05, 0) is 84.6 Å². The average molecular weight is 491 g/mol. The molecule has 0 saturated carbocycles. The van der Waals surface area contributed by atoms with Gasteiger partial charge in [-0.3, -0.25) is 9.63 Å². The minimum Gasteiger partial charge on any atom is -0.437 e. The molecule has 0 spiro atoms. The molecular weight excluding hydrogens is 468 g/mol. The van der Waals surface area contributed by atoms with Crippen LogP contribution in [0.4, 0.5) is 11.6 Å². The normalized spacial score (nSPS) is 10.2. The van der Waals surface area contributed by atoms with E-state index >= 15 is 0 Å². The van der Waals surface area contributed by atoms with Crippen molar-refractivity contribution in [3.8, 4) is 34.9 Å². The summed E-state index contributed by atoms with van der Waals surface area (Å²) in [6, 6.07) is 22.3. The summed E-state index contributed by atoms with van der Waals surface area (Å²) in [6.45, 7) is 3.81. The first-order valence-electron chi connectivity index (χ1n) is 11.2. The van der Waals surface area contributed by atoms with E-state index < -0.39 is 5.91 Å². The number of ether oxygens (including phenoxy) is 1. The van der Waals surface area contributed by atoms with Crippen molar-refractivity contribution >= 4 is 17.5 Å². The van der Waals surface area contributed by atoms with Crippen LogP contribution in [0.25, 0.3) is 11.1 Å². The minimum absolute atomic E-state index is 0.0398. The van der Waals surface area contributed by atoms with Crippen LogP contribution in [0.3, 0.4) is 0 Å². The van der Waals surface area contributed by atoms with E-state index in [9.17, 15) is 4.79 Å². The fourth-order valence-electron chi connectivity index (χ4n) is 3.68. The number of carbonyl (C=O) groups excluding carboxylic acids is 1. The van der Waals surface area contributed by atoms with E-state index in [1.165, 1.54) is 13.3 Å². The topological polar surface area (TPSA) is 133 Å². The molecule has 0 fully saturated rings. The maximum Gasteiger partial charge on any atom is 0.281 e. The summed E-state index contributed by atoms with van der Waals surface area (Å²) in [5, 5.41) is 21.1. The molecule has 4 rings (SSSR count). The number of carbonyl (C=O) groups is 1.